The van der Waals surface area contributed by atoms with Crippen LogP contribution in [-0.2, 0) is 25.7 Å². The number of hydrogen-bond donors (Lipinski definition) is 0. The van der Waals surface area contributed by atoms with Gasteiger partial charge in [0.2, 0.25) is 0 Å². The van der Waals surface area contributed by atoms with Gasteiger partial charge < -0.3 is 18.9 Å². The van der Waals surface area contributed by atoms with E-state index in [1.807, 2.05) is 0 Å². The van der Waals surface area contributed by atoms with Crippen LogP contribution in [0.1, 0.15) is 44.5 Å². The molecule has 8 aromatic carbocycles. The van der Waals surface area contributed by atoms with Gasteiger partial charge in [-0.1, -0.05) is 121 Å². The van der Waals surface area contributed by atoms with Gasteiger partial charge in [0, 0.05) is 47.2 Å². The first-order valence-corrected chi connectivity index (χ1v) is 17.9. The summed E-state index contributed by atoms with van der Waals surface area (Å²) in [5, 5.41) is 9.18. The summed E-state index contributed by atoms with van der Waals surface area (Å²) < 4.78 is 25.0. The lowest BCUT2D eigenvalue weighted by atomic mass is 9.86. The second-order valence-electron chi connectivity index (χ2n) is 13.8. The summed E-state index contributed by atoms with van der Waals surface area (Å²) in [6, 6.07) is 43.9. The summed E-state index contributed by atoms with van der Waals surface area (Å²) in [4.78, 5) is 0. The minimum Gasteiger partial charge on any atom is -0.496 e. The van der Waals surface area contributed by atoms with Gasteiger partial charge in [-0.15, -0.1) is 0 Å². The zero-order valence-electron chi connectivity index (χ0n) is 30.0. The molecule has 0 amide bonds. The van der Waals surface area contributed by atoms with Crippen molar-refractivity contribution in [3.63, 3.8) is 0 Å². The molecule has 0 atom stereocenters. The summed E-state index contributed by atoms with van der Waals surface area (Å²) in [7, 11) is 7.16. The lowest BCUT2D eigenvalue weighted by Gasteiger charge is -2.22. The van der Waals surface area contributed by atoms with Crippen molar-refractivity contribution in [2.24, 2.45) is 0 Å². The first-order valence-electron chi connectivity index (χ1n) is 17.9. The van der Waals surface area contributed by atoms with Crippen LogP contribution in [0.2, 0.25) is 0 Å². The van der Waals surface area contributed by atoms with Crippen molar-refractivity contribution in [1.29, 1.82) is 0 Å². The van der Waals surface area contributed by atoms with E-state index < -0.39 is 0 Å². The van der Waals surface area contributed by atoms with Crippen LogP contribution in [0.15, 0.2) is 121 Å². The average Bonchev–Trinajstić information content (AvgIpc) is 3.18. The highest BCUT2D eigenvalue weighted by Gasteiger charge is 2.23. The molecule has 1 aliphatic rings. The molecule has 52 heavy (non-hydrogen) atoms. The molecular formula is C48H40O4. The Morgan fingerprint density at radius 1 is 0.269 bits per heavy atom. The number of methoxy groups -OCH3 is 4. The SMILES string of the molecule is COc1c2cc(c3ccccc13)Cc1cc(c3ccccc3c1OC)Cc1cc(c3ccccc3c1OC)Cc1cc(c3ccccc3c1OC)C2. The van der Waals surface area contributed by atoms with Crippen LogP contribution in [0.4, 0.5) is 0 Å². The van der Waals surface area contributed by atoms with Crippen molar-refractivity contribution < 1.29 is 18.9 Å². The Bertz CT molecular complexity index is 2320. The fraction of sp³-hybridized carbons (Fsp3) is 0.167. The summed E-state index contributed by atoms with van der Waals surface area (Å²) in [6.45, 7) is 0. The molecule has 8 bridgehead atoms. The van der Waals surface area contributed by atoms with Crippen molar-refractivity contribution in [3.05, 3.63) is 166 Å². The van der Waals surface area contributed by atoms with Crippen molar-refractivity contribution >= 4 is 43.1 Å². The predicted molar refractivity (Wildman–Crippen MR) is 213 cm³/mol. The maximum atomic E-state index is 6.26. The molecule has 0 N–H and O–H groups in total. The van der Waals surface area contributed by atoms with E-state index in [0.717, 1.165) is 66.8 Å². The molecule has 4 nitrogen and oxygen atoms in total. The molecule has 4 heteroatoms. The Kier molecular flexibility index (Phi) is 7.96. The monoisotopic (exact) mass is 680 g/mol. The van der Waals surface area contributed by atoms with Crippen molar-refractivity contribution in [1.82, 2.24) is 0 Å². The van der Waals surface area contributed by atoms with Gasteiger partial charge in [-0.25, -0.2) is 0 Å². The molecule has 0 aromatic heterocycles. The number of rotatable bonds is 4. The molecule has 0 spiro atoms. The van der Waals surface area contributed by atoms with Crippen LogP contribution < -0.4 is 18.9 Å². The molecular weight excluding hydrogens is 641 g/mol. The van der Waals surface area contributed by atoms with E-state index in [4.69, 9.17) is 18.9 Å². The first-order chi connectivity index (χ1) is 25.6. The largest absolute Gasteiger partial charge is 0.496 e. The Balaban J connectivity index is 1.41. The molecule has 0 heterocycles. The number of ether oxygens (including phenoxy) is 4. The van der Waals surface area contributed by atoms with Gasteiger partial charge in [0.15, 0.2) is 0 Å². The van der Waals surface area contributed by atoms with E-state index in [9.17, 15) is 0 Å². The van der Waals surface area contributed by atoms with Crippen molar-refractivity contribution in [2.45, 2.75) is 25.7 Å². The van der Waals surface area contributed by atoms with Gasteiger partial charge in [0.05, 0.1) is 28.4 Å². The zero-order chi connectivity index (χ0) is 35.3. The molecule has 0 radical (unpaired) electrons. The van der Waals surface area contributed by atoms with Crippen LogP contribution in [0.3, 0.4) is 0 Å². The number of fused-ring (bicyclic) bond motifs is 16. The number of hydrogen-bond acceptors (Lipinski definition) is 4. The van der Waals surface area contributed by atoms with Crippen LogP contribution in [0.5, 0.6) is 23.0 Å². The number of benzene rings is 8. The lowest BCUT2D eigenvalue weighted by Crippen LogP contribution is -2.05. The third kappa shape index (κ3) is 5.12. The lowest BCUT2D eigenvalue weighted by molar-refractivity contribution is 0.414. The second kappa shape index (κ2) is 13.0. The normalized spacial score (nSPS) is 12.7. The van der Waals surface area contributed by atoms with E-state index in [1.54, 1.807) is 28.4 Å². The van der Waals surface area contributed by atoms with Crippen molar-refractivity contribution in [2.75, 3.05) is 28.4 Å². The average molecular weight is 681 g/mol. The van der Waals surface area contributed by atoms with E-state index in [0.29, 0.717) is 25.7 Å². The summed E-state index contributed by atoms with van der Waals surface area (Å²) in [5.74, 6) is 3.66. The van der Waals surface area contributed by atoms with E-state index in [1.165, 1.54) is 43.8 Å². The van der Waals surface area contributed by atoms with E-state index in [2.05, 4.69) is 121 Å². The van der Waals surface area contributed by atoms with Gasteiger partial charge in [0.1, 0.15) is 23.0 Å². The maximum Gasteiger partial charge on any atom is 0.130 e. The molecule has 0 saturated carbocycles. The zero-order valence-corrected chi connectivity index (χ0v) is 30.0. The van der Waals surface area contributed by atoms with E-state index in [-0.39, 0.29) is 0 Å². The minimum atomic E-state index is 0.702. The smallest absolute Gasteiger partial charge is 0.130 e. The topological polar surface area (TPSA) is 36.9 Å². The van der Waals surface area contributed by atoms with Gasteiger partial charge in [0.25, 0.3) is 0 Å². The van der Waals surface area contributed by atoms with Crippen molar-refractivity contribution in [3.8, 4) is 23.0 Å². The molecule has 0 aliphatic heterocycles. The molecule has 256 valence electrons. The molecule has 0 fully saturated rings. The fourth-order valence-electron chi connectivity index (χ4n) is 8.85. The first kappa shape index (κ1) is 31.9. The minimum absolute atomic E-state index is 0.702. The van der Waals surface area contributed by atoms with Gasteiger partial charge >= 0.3 is 0 Å². The highest BCUT2D eigenvalue weighted by atomic mass is 16.5. The van der Waals surface area contributed by atoms with Crippen LogP contribution in [0.25, 0.3) is 43.1 Å². The van der Waals surface area contributed by atoms with Gasteiger partial charge in [-0.3, -0.25) is 0 Å². The standard InChI is InChI=1S/C48H40O4/c1-49-45-33-21-29(37-13-5-9-17-41(37)45)26-35-23-31(39-15-7-11-19-43(39)47(35)51-3)28-36-24-32(40-16-8-12-20-44(40)48(36)52-4)27-34-22-30(25-33)38-14-6-10-18-42(38)46(34)50-2/h5-24H,25-28H2,1-4H3. The summed E-state index contributed by atoms with van der Waals surface area (Å²) in [6.07, 6.45) is 2.81. The molecule has 0 saturated heterocycles. The quantitative estimate of drug-likeness (QED) is 0.185. The molecule has 1 aliphatic carbocycles. The predicted octanol–water partition coefficient (Wildman–Crippen LogP) is 11.0. The van der Waals surface area contributed by atoms with Gasteiger partial charge in [-0.2, -0.15) is 0 Å². The Morgan fingerprint density at radius 3 is 0.654 bits per heavy atom. The van der Waals surface area contributed by atoms with Crippen LogP contribution in [0, 0.1) is 0 Å². The Labute approximate surface area is 304 Å². The van der Waals surface area contributed by atoms with Crippen LogP contribution in [-0.4, -0.2) is 28.4 Å². The summed E-state index contributed by atoms with van der Waals surface area (Å²) in [5.41, 5.74) is 9.57. The third-order valence-corrected chi connectivity index (χ3v) is 11.0. The second-order valence-corrected chi connectivity index (χ2v) is 13.8. The van der Waals surface area contributed by atoms with E-state index >= 15 is 0 Å². The maximum absolute atomic E-state index is 6.26. The third-order valence-electron chi connectivity index (χ3n) is 11.0. The molecule has 8 aromatic rings. The summed E-state index contributed by atoms with van der Waals surface area (Å²) >= 11 is 0. The Morgan fingerprint density at radius 2 is 0.462 bits per heavy atom. The van der Waals surface area contributed by atoms with Crippen LogP contribution >= 0.6 is 0 Å². The molecule has 9 rings (SSSR count). The highest BCUT2D eigenvalue weighted by molar-refractivity contribution is 5.98. The van der Waals surface area contributed by atoms with Gasteiger partial charge in [-0.05, 0) is 66.1 Å². The fourth-order valence-corrected chi connectivity index (χ4v) is 8.85. The Hall–Kier alpha value is -6.00. The molecule has 0 unspecified atom stereocenters. The highest BCUT2D eigenvalue weighted by Crippen LogP contribution is 2.43.